The van der Waals surface area contributed by atoms with E-state index in [9.17, 15) is 9.59 Å². The maximum Gasteiger partial charge on any atom is 0.339 e. The van der Waals surface area contributed by atoms with Gasteiger partial charge in [0, 0.05) is 5.56 Å². The summed E-state index contributed by atoms with van der Waals surface area (Å²) >= 11 is 1.34. The number of aryl methyl sites for hydroxylation is 1. The lowest BCUT2D eigenvalue weighted by Gasteiger charge is -2.10. The monoisotopic (exact) mass is 366 g/mol. The van der Waals surface area contributed by atoms with Crippen LogP contribution < -0.4 is 4.74 Å². The van der Waals surface area contributed by atoms with E-state index < -0.39 is 5.97 Å². The number of esters is 1. The molecule has 0 saturated heterocycles. The zero-order chi connectivity index (χ0) is 18.4. The lowest BCUT2D eigenvalue weighted by Crippen LogP contribution is -2.15. The lowest BCUT2D eigenvalue weighted by atomic mass is 10.0. The van der Waals surface area contributed by atoms with Crippen molar-refractivity contribution < 1.29 is 19.1 Å². The van der Waals surface area contributed by atoms with E-state index in [4.69, 9.17) is 9.47 Å². The van der Waals surface area contributed by atoms with Crippen LogP contribution in [0.25, 0.3) is 0 Å². The Morgan fingerprint density at radius 1 is 0.885 bits per heavy atom. The predicted octanol–water partition coefficient (Wildman–Crippen LogP) is 4.52. The summed E-state index contributed by atoms with van der Waals surface area (Å²) < 4.78 is 10.8. The molecule has 0 aliphatic heterocycles. The summed E-state index contributed by atoms with van der Waals surface area (Å²) in [5.41, 5.74) is 1.76. The minimum Gasteiger partial charge on any atom is -0.490 e. The Hall–Kier alpha value is -2.92. The summed E-state index contributed by atoms with van der Waals surface area (Å²) in [7, 11) is 0. The van der Waals surface area contributed by atoms with Crippen LogP contribution in [0.5, 0.6) is 5.75 Å². The van der Waals surface area contributed by atoms with Gasteiger partial charge in [-0.2, -0.15) is 0 Å². The van der Waals surface area contributed by atoms with Crippen molar-refractivity contribution in [2.24, 2.45) is 0 Å². The third-order valence-corrected chi connectivity index (χ3v) is 4.61. The fraction of sp³-hybridized carbons (Fsp3) is 0.143. The molecule has 1 heterocycles. The molecule has 0 amide bonds. The molecule has 3 rings (SSSR count). The van der Waals surface area contributed by atoms with E-state index in [1.54, 1.807) is 36.4 Å². The molecule has 132 valence electrons. The molecule has 0 bridgehead atoms. The van der Waals surface area contributed by atoms with Crippen LogP contribution in [0, 0.1) is 6.92 Å². The van der Waals surface area contributed by atoms with Gasteiger partial charge >= 0.3 is 5.97 Å². The summed E-state index contributed by atoms with van der Waals surface area (Å²) in [5, 5.41) is 1.83. The van der Waals surface area contributed by atoms with E-state index in [1.165, 1.54) is 11.3 Å². The third-order valence-electron chi connectivity index (χ3n) is 3.74. The standard InChI is InChI=1S/C21H18O4S/c1-15-8-10-16(11-9-15)24-12-13-25-21(23)18-6-3-2-5-17(18)20(22)19-7-4-14-26-19/h2-11,14H,12-13H2,1H3. The second kappa shape index (κ2) is 8.45. The van der Waals surface area contributed by atoms with Crippen LogP contribution in [0.4, 0.5) is 0 Å². The molecular weight excluding hydrogens is 348 g/mol. The molecule has 0 aliphatic carbocycles. The highest BCUT2D eigenvalue weighted by atomic mass is 32.1. The van der Waals surface area contributed by atoms with Crippen LogP contribution in [0.2, 0.25) is 0 Å². The normalized spacial score (nSPS) is 10.3. The first-order chi connectivity index (χ1) is 12.6. The second-order valence-corrected chi connectivity index (χ2v) is 6.60. The fourth-order valence-corrected chi connectivity index (χ4v) is 3.08. The van der Waals surface area contributed by atoms with Gasteiger partial charge in [-0.05, 0) is 36.6 Å². The smallest absolute Gasteiger partial charge is 0.339 e. The number of rotatable bonds is 7. The SMILES string of the molecule is Cc1ccc(OCCOC(=O)c2ccccc2C(=O)c2cccs2)cc1. The minimum atomic E-state index is -0.530. The summed E-state index contributed by atoms with van der Waals surface area (Å²) in [6.07, 6.45) is 0. The highest BCUT2D eigenvalue weighted by molar-refractivity contribution is 7.12. The Balaban J connectivity index is 1.59. The number of carbonyl (C=O) groups is 2. The summed E-state index contributed by atoms with van der Waals surface area (Å²) in [6.45, 7) is 2.35. The molecule has 0 fully saturated rings. The zero-order valence-electron chi connectivity index (χ0n) is 14.3. The number of benzene rings is 2. The molecule has 5 heteroatoms. The fourth-order valence-electron chi connectivity index (χ4n) is 2.41. The minimum absolute atomic E-state index is 0.105. The van der Waals surface area contributed by atoms with Gasteiger partial charge in [-0.25, -0.2) is 4.79 Å². The van der Waals surface area contributed by atoms with Gasteiger partial charge in [0.15, 0.2) is 0 Å². The van der Waals surface area contributed by atoms with Crippen molar-refractivity contribution in [3.05, 3.63) is 87.6 Å². The molecule has 2 aromatic carbocycles. The molecule has 0 N–H and O–H groups in total. The summed E-state index contributed by atoms with van der Waals surface area (Å²) in [5.74, 6) is 0.0152. The molecule has 0 atom stereocenters. The van der Waals surface area contributed by atoms with Crippen LogP contribution in [0.3, 0.4) is 0 Å². The Morgan fingerprint density at radius 2 is 1.62 bits per heavy atom. The van der Waals surface area contributed by atoms with E-state index in [1.807, 2.05) is 36.6 Å². The van der Waals surface area contributed by atoms with Crippen molar-refractivity contribution in [3.63, 3.8) is 0 Å². The van der Waals surface area contributed by atoms with E-state index in [2.05, 4.69) is 0 Å². The summed E-state index contributed by atoms with van der Waals surface area (Å²) in [4.78, 5) is 25.5. The first kappa shape index (κ1) is 17.9. The van der Waals surface area contributed by atoms with Crippen LogP contribution in [-0.2, 0) is 4.74 Å². The molecule has 0 aliphatic rings. The average molecular weight is 366 g/mol. The lowest BCUT2D eigenvalue weighted by molar-refractivity contribution is 0.0448. The Morgan fingerprint density at radius 3 is 2.31 bits per heavy atom. The Bertz CT molecular complexity index is 883. The molecule has 26 heavy (non-hydrogen) atoms. The maximum absolute atomic E-state index is 12.6. The molecule has 0 spiro atoms. The quantitative estimate of drug-likeness (QED) is 0.350. The number of hydrogen-bond acceptors (Lipinski definition) is 5. The van der Waals surface area contributed by atoms with Gasteiger partial charge in [0.05, 0.1) is 10.4 Å². The van der Waals surface area contributed by atoms with Crippen molar-refractivity contribution in [1.29, 1.82) is 0 Å². The van der Waals surface area contributed by atoms with Gasteiger partial charge in [-0.15, -0.1) is 11.3 Å². The topological polar surface area (TPSA) is 52.6 Å². The second-order valence-electron chi connectivity index (χ2n) is 5.65. The first-order valence-corrected chi connectivity index (χ1v) is 9.07. The van der Waals surface area contributed by atoms with Gasteiger partial charge in [0.25, 0.3) is 0 Å². The van der Waals surface area contributed by atoms with Gasteiger partial charge in [0.2, 0.25) is 5.78 Å². The van der Waals surface area contributed by atoms with Crippen LogP contribution in [0.15, 0.2) is 66.0 Å². The van der Waals surface area contributed by atoms with Crippen molar-refractivity contribution in [2.45, 2.75) is 6.92 Å². The molecule has 0 saturated carbocycles. The van der Waals surface area contributed by atoms with Gasteiger partial charge in [-0.3, -0.25) is 4.79 Å². The largest absolute Gasteiger partial charge is 0.490 e. The predicted molar refractivity (Wildman–Crippen MR) is 101 cm³/mol. The van der Waals surface area contributed by atoms with E-state index in [0.29, 0.717) is 10.4 Å². The first-order valence-electron chi connectivity index (χ1n) is 8.19. The number of thiophene rings is 1. The van der Waals surface area contributed by atoms with Crippen LogP contribution in [-0.4, -0.2) is 25.0 Å². The van der Waals surface area contributed by atoms with Crippen molar-refractivity contribution in [2.75, 3.05) is 13.2 Å². The highest BCUT2D eigenvalue weighted by Crippen LogP contribution is 2.19. The summed E-state index contributed by atoms with van der Waals surface area (Å²) in [6, 6.07) is 17.9. The van der Waals surface area contributed by atoms with Gasteiger partial charge in [-0.1, -0.05) is 42.0 Å². The van der Waals surface area contributed by atoms with Crippen LogP contribution in [0.1, 0.15) is 31.2 Å². The van der Waals surface area contributed by atoms with Gasteiger partial charge in [0.1, 0.15) is 19.0 Å². The molecule has 0 radical (unpaired) electrons. The van der Waals surface area contributed by atoms with E-state index >= 15 is 0 Å². The van der Waals surface area contributed by atoms with Crippen LogP contribution >= 0.6 is 11.3 Å². The molecular formula is C21H18O4S. The zero-order valence-corrected chi connectivity index (χ0v) is 15.1. The van der Waals surface area contributed by atoms with E-state index in [-0.39, 0.29) is 24.6 Å². The van der Waals surface area contributed by atoms with Crippen molar-refractivity contribution in [3.8, 4) is 5.75 Å². The average Bonchev–Trinajstić information content (AvgIpc) is 3.20. The Labute approximate surface area is 156 Å². The van der Waals surface area contributed by atoms with Gasteiger partial charge < -0.3 is 9.47 Å². The van der Waals surface area contributed by atoms with Crippen molar-refractivity contribution in [1.82, 2.24) is 0 Å². The molecule has 1 aromatic heterocycles. The maximum atomic E-state index is 12.6. The number of ketones is 1. The van der Waals surface area contributed by atoms with E-state index in [0.717, 1.165) is 11.3 Å². The third kappa shape index (κ3) is 4.37. The molecule has 4 nitrogen and oxygen atoms in total. The molecule has 0 unspecified atom stereocenters. The molecule has 3 aromatic rings. The van der Waals surface area contributed by atoms with Crippen molar-refractivity contribution >= 4 is 23.1 Å². The highest BCUT2D eigenvalue weighted by Gasteiger charge is 2.19. The number of ether oxygens (including phenoxy) is 2. The number of carbonyl (C=O) groups excluding carboxylic acids is 2. The Kier molecular flexibility index (Phi) is 5.81. The number of hydrogen-bond donors (Lipinski definition) is 0.